The minimum Gasteiger partial charge on any atom is -0.298 e. The molecule has 1 atom stereocenters. The van der Waals surface area contributed by atoms with Gasteiger partial charge < -0.3 is 0 Å². The van der Waals surface area contributed by atoms with E-state index in [0.29, 0.717) is 11.8 Å². The van der Waals surface area contributed by atoms with Gasteiger partial charge in [0.25, 0.3) is 0 Å². The molecular weight excluding hydrogens is 242 g/mol. The van der Waals surface area contributed by atoms with Crippen LogP contribution in [0.15, 0.2) is 23.1 Å². The molecule has 2 nitrogen and oxygen atoms in total. The Kier molecular flexibility index (Phi) is 3.97. The van der Waals surface area contributed by atoms with Crippen LogP contribution in [0.3, 0.4) is 0 Å². The molecule has 1 aromatic carbocycles. The van der Waals surface area contributed by atoms with Crippen molar-refractivity contribution in [1.82, 2.24) is 5.32 Å². The van der Waals surface area contributed by atoms with E-state index in [1.54, 1.807) is 0 Å². The largest absolute Gasteiger partial charge is 0.298 e. The van der Waals surface area contributed by atoms with Gasteiger partial charge in [-0.25, -0.2) is 8.78 Å². The van der Waals surface area contributed by atoms with Crippen molar-refractivity contribution < 1.29 is 8.78 Å². The number of hydrogen-bond acceptors (Lipinski definition) is 3. The fourth-order valence-corrected chi connectivity index (χ4v) is 2.34. The molecule has 1 saturated carbocycles. The summed E-state index contributed by atoms with van der Waals surface area (Å²) in [5, 5.41) is 12.1. The first-order valence-corrected chi connectivity index (χ1v) is 6.41. The van der Waals surface area contributed by atoms with Gasteiger partial charge in [-0.05, 0) is 31.0 Å². The fraction of sp³-hybridized carbons (Fsp3) is 0.417. The third-order valence-corrected chi connectivity index (χ3v) is 3.59. The van der Waals surface area contributed by atoms with Crippen LogP contribution in [0.1, 0.15) is 12.8 Å². The van der Waals surface area contributed by atoms with Gasteiger partial charge in [0.15, 0.2) is 0 Å². The summed E-state index contributed by atoms with van der Waals surface area (Å²) in [5.74, 6) is -0.482. The molecule has 17 heavy (non-hydrogen) atoms. The molecular formula is C12H12F2N2S. The van der Waals surface area contributed by atoms with Crippen molar-refractivity contribution in [3.05, 3.63) is 29.8 Å². The highest BCUT2D eigenvalue weighted by molar-refractivity contribution is 7.99. The van der Waals surface area contributed by atoms with Gasteiger partial charge in [-0.2, -0.15) is 5.26 Å². The number of nitrogens with one attached hydrogen (secondary N) is 1. The highest BCUT2D eigenvalue weighted by Gasteiger charge is 2.24. The van der Waals surface area contributed by atoms with Crippen molar-refractivity contribution in [2.75, 3.05) is 5.75 Å². The Bertz CT molecular complexity index is 441. The first-order valence-electron chi connectivity index (χ1n) is 5.42. The molecule has 1 aliphatic rings. The van der Waals surface area contributed by atoms with E-state index in [0.717, 1.165) is 42.8 Å². The Balaban J connectivity index is 1.91. The topological polar surface area (TPSA) is 35.8 Å². The number of nitrogens with zero attached hydrogens (tertiary/aromatic N) is 1. The Morgan fingerprint density at radius 1 is 1.47 bits per heavy atom. The number of rotatable bonds is 5. The van der Waals surface area contributed by atoms with E-state index in [4.69, 9.17) is 5.26 Å². The highest BCUT2D eigenvalue weighted by atomic mass is 32.2. The van der Waals surface area contributed by atoms with Crippen molar-refractivity contribution in [3.63, 3.8) is 0 Å². The van der Waals surface area contributed by atoms with Crippen molar-refractivity contribution in [2.24, 2.45) is 0 Å². The molecule has 5 heteroatoms. The summed E-state index contributed by atoms with van der Waals surface area (Å²) in [7, 11) is 0. The lowest BCUT2D eigenvalue weighted by molar-refractivity contribution is 0.576. The smallest absolute Gasteiger partial charge is 0.136 e. The second kappa shape index (κ2) is 5.48. The predicted octanol–water partition coefficient (Wildman–Crippen LogP) is 2.70. The molecule has 1 fully saturated rings. The third kappa shape index (κ3) is 3.69. The average Bonchev–Trinajstić information content (AvgIpc) is 3.12. The van der Waals surface area contributed by atoms with E-state index < -0.39 is 11.6 Å². The molecule has 1 unspecified atom stereocenters. The Labute approximate surface area is 103 Å². The van der Waals surface area contributed by atoms with E-state index in [2.05, 4.69) is 11.4 Å². The number of benzene rings is 1. The van der Waals surface area contributed by atoms with E-state index in [1.165, 1.54) is 0 Å². The highest BCUT2D eigenvalue weighted by Crippen LogP contribution is 2.25. The zero-order valence-electron chi connectivity index (χ0n) is 9.12. The van der Waals surface area contributed by atoms with Crippen LogP contribution < -0.4 is 5.32 Å². The molecule has 90 valence electrons. The number of nitriles is 1. The standard InChI is InChI=1S/C12H12F2N2S/c13-8-1-4-11(14)12(5-8)17-7-10(6-15)16-9-2-3-9/h1,4-5,9-10,16H,2-3,7H2. The second-order valence-corrected chi connectivity index (χ2v) is 5.07. The molecule has 0 saturated heterocycles. The summed E-state index contributed by atoms with van der Waals surface area (Å²) in [5.41, 5.74) is 0. The normalized spacial score (nSPS) is 16.5. The summed E-state index contributed by atoms with van der Waals surface area (Å²) in [4.78, 5) is 0.253. The molecule has 0 radical (unpaired) electrons. The van der Waals surface area contributed by atoms with Gasteiger partial charge in [0, 0.05) is 16.7 Å². The second-order valence-electron chi connectivity index (χ2n) is 4.01. The fourth-order valence-electron chi connectivity index (χ4n) is 1.42. The summed E-state index contributed by atoms with van der Waals surface area (Å²) >= 11 is 1.16. The van der Waals surface area contributed by atoms with Gasteiger partial charge >= 0.3 is 0 Å². The first-order chi connectivity index (χ1) is 8.19. The van der Waals surface area contributed by atoms with E-state index >= 15 is 0 Å². The minimum atomic E-state index is -0.461. The lowest BCUT2D eigenvalue weighted by atomic mass is 10.3. The lowest BCUT2D eigenvalue weighted by Crippen LogP contribution is -2.31. The molecule has 1 N–H and O–H groups in total. The molecule has 0 heterocycles. The van der Waals surface area contributed by atoms with Gasteiger partial charge in [-0.1, -0.05) is 0 Å². The molecule has 0 spiro atoms. The van der Waals surface area contributed by atoms with Gasteiger partial charge in [0.1, 0.15) is 17.7 Å². The van der Waals surface area contributed by atoms with Gasteiger partial charge in [-0.3, -0.25) is 5.32 Å². The monoisotopic (exact) mass is 254 g/mol. The number of halogens is 2. The van der Waals surface area contributed by atoms with Gasteiger partial charge in [-0.15, -0.1) is 11.8 Å². The number of hydrogen-bond donors (Lipinski definition) is 1. The Morgan fingerprint density at radius 2 is 2.24 bits per heavy atom. The molecule has 0 bridgehead atoms. The first kappa shape index (κ1) is 12.3. The predicted molar refractivity (Wildman–Crippen MR) is 62.6 cm³/mol. The van der Waals surface area contributed by atoms with Crippen LogP contribution >= 0.6 is 11.8 Å². The zero-order chi connectivity index (χ0) is 12.3. The SMILES string of the molecule is N#CC(CSc1cc(F)ccc1F)NC1CC1. The van der Waals surface area contributed by atoms with Crippen LogP contribution in [0.4, 0.5) is 8.78 Å². The summed E-state index contributed by atoms with van der Waals surface area (Å²) in [6, 6.07) is 5.60. The van der Waals surface area contributed by atoms with E-state index in [-0.39, 0.29) is 10.9 Å². The third-order valence-electron chi connectivity index (χ3n) is 2.47. The van der Waals surface area contributed by atoms with Crippen LogP contribution in [-0.2, 0) is 0 Å². The van der Waals surface area contributed by atoms with Crippen LogP contribution in [0.2, 0.25) is 0 Å². The average molecular weight is 254 g/mol. The Morgan fingerprint density at radius 3 is 2.88 bits per heavy atom. The Hall–Kier alpha value is -1.12. The van der Waals surface area contributed by atoms with E-state index in [9.17, 15) is 8.78 Å². The van der Waals surface area contributed by atoms with Crippen LogP contribution in [-0.4, -0.2) is 17.8 Å². The summed E-state index contributed by atoms with van der Waals surface area (Å²) < 4.78 is 26.2. The quantitative estimate of drug-likeness (QED) is 0.821. The van der Waals surface area contributed by atoms with Crippen LogP contribution in [0, 0.1) is 23.0 Å². The van der Waals surface area contributed by atoms with Crippen molar-refractivity contribution in [3.8, 4) is 6.07 Å². The molecule has 2 rings (SSSR count). The van der Waals surface area contributed by atoms with Crippen molar-refractivity contribution >= 4 is 11.8 Å². The minimum absolute atomic E-state index is 0.253. The molecule has 1 aliphatic carbocycles. The van der Waals surface area contributed by atoms with Gasteiger partial charge in [0.05, 0.1) is 6.07 Å². The summed E-state index contributed by atoms with van der Waals surface area (Å²) in [6.07, 6.45) is 2.19. The molecule has 0 aromatic heterocycles. The zero-order valence-corrected chi connectivity index (χ0v) is 9.94. The van der Waals surface area contributed by atoms with E-state index in [1.807, 2.05) is 0 Å². The number of thioether (sulfide) groups is 1. The lowest BCUT2D eigenvalue weighted by Gasteiger charge is -2.10. The maximum atomic E-state index is 13.3. The molecule has 0 amide bonds. The van der Waals surface area contributed by atoms with Crippen molar-refractivity contribution in [1.29, 1.82) is 5.26 Å². The molecule has 0 aliphatic heterocycles. The van der Waals surface area contributed by atoms with Crippen molar-refractivity contribution in [2.45, 2.75) is 29.8 Å². The van der Waals surface area contributed by atoms with Crippen LogP contribution in [0.5, 0.6) is 0 Å². The van der Waals surface area contributed by atoms with Crippen LogP contribution in [0.25, 0.3) is 0 Å². The maximum absolute atomic E-state index is 13.3. The van der Waals surface area contributed by atoms with Gasteiger partial charge in [0.2, 0.25) is 0 Å². The summed E-state index contributed by atoms with van der Waals surface area (Å²) in [6.45, 7) is 0. The maximum Gasteiger partial charge on any atom is 0.136 e. The molecule has 1 aromatic rings.